The molecule has 2 amide bonds. The number of anilines is 1. The zero-order valence-corrected chi connectivity index (χ0v) is 18.6. The number of amides is 2. The van der Waals surface area contributed by atoms with E-state index in [9.17, 15) is 19.5 Å². The molecule has 162 valence electrons. The summed E-state index contributed by atoms with van der Waals surface area (Å²) >= 11 is 9.47. The summed E-state index contributed by atoms with van der Waals surface area (Å²) < 4.78 is 11.4. The number of nitrogens with zero attached hydrogens (tertiary/aromatic N) is 1. The molecule has 2 bridgehead atoms. The van der Waals surface area contributed by atoms with Crippen molar-refractivity contribution in [2.24, 2.45) is 11.8 Å². The van der Waals surface area contributed by atoms with Crippen LogP contribution in [0.5, 0.6) is 0 Å². The predicted octanol–water partition coefficient (Wildman–Crippen LogP) is 1.58. The zero-order valence-electron chi connectivity index (χ0n) is 16.2. The number of ether oxygens (including phenoxy) is 2. The lowest BCUT2D eigenvalue weighted by Gasteiger charge is -2.33. The number of carbonyl (C=O) groups is 3. The number of hydrogen-bond donors (Lipinski definition) is 2. The predicted molar refractivity (Wildman–Crippen MR) is 111 cm³/mol. The topological polar surface area (TPSA) is 105 Å². The van der Waals surface area contributed by atoms with E-state index in [-0.39, 0.29) is 30.5 Å². The summed E-state index contributed by atoms with van der Waals surface area (Å²) in [4.78, 5) is 40.4. The molecule has 0 radical (unpaired) electrons. The van der Waals surface area contributed by atoms with E-state index in [0.29, 0.717) is 17.1 Å². The Bertz CT molecular complexity index is 867. The van der Waals surface area contributed by atoms with E-state index < -0.39 is 41.5 Å². The van der Waals surface area contributed by atoms with Gasteiger partial charge < -0.3 is 24.8 Å². The van der Waals surface area contributed by atoms with Gasteiger partial charge in [0.15, 0.2) is 0 Å². The number of nitrogens with one attached hydrogen (secondary N) is 1. The Hall–Kier alpha value is -1.68. The molecule has 1 unspecified atom stereocenters. The Morgan fingerprint density at radius 3 is 2.73 bits per heavy atom. The quantitative estimate of drug-likeness (QED) is 0.453. The molecular weight excluding hydrogens is 480 g/mol. The fourth-order valence-electron chi connectivity index (χ4n) is 5.03. The zero-order chi connectivity index (χ0) is 21.6. The van der Waals surface area contributed by atoms with Crippen LogP contribution in [0.3, 0.4) is 0 Å². The van der Waals surface area contributed by atoms with E-state index in [4.69, 9.17) is 21.1 Å². The molecule has 2 N–H and O–H groups in total. The van der Waals surface area contributed by atoms with E-state index in [1.165, 1.54) is 4.90 Å². The molecule has 3 heterocycles. The smallest absolute Gasteiger partial charge is 0.312 e. The summed E-state index contributed by atoms with van der Waals surface area (Å²) in [6, 6.07) is 5.62. The van der Waals surface area contributed by atoms with Crippen molar-refractivity contribution < 1.29 is 29.0 Å². The molecule has 30 heavy (non-hydrogen) atoms. The van der Waals surface area contributed by atoms with Crippen LogP contribution in [-0.2, 0) is 23.9 Å². The molecule has 1 aromatic carbocycles. The minimum Gasteiger partial charge on any atom is -0.466 e. The molecule has 3 aliphatic heterocycles. The van der Waals surface area contributed by atoms with Crippen LogP contribution in [0, 0.1) is 11.8 Å². The second-order valence-electron chi connectivity index (χ2n) is 7.67. The summed E-state index contributed by atoms with van der Waals surface area (Å²) in [6.07, 6.45) is -0.162. The Morgan fingerprint density at radius 2 is 2.10 bits per heavy atom. The van der Waals surface area contributed by atoms with Crippen LogP contribution >= 0.6 is 27.5 Å². The number of halogens is 2. The SMILES string of the molecule is CCOC(=O)[C@@H]1[C@H]2O[C@@]3(CC2Br)[C@H](C(=O)Nc2ccc(Cl)cc2)N(CCO)C(=O)[C@@H]13. The van der Waals surface area contributed by atoms with Crippen molar-refractivity contribution in [2.75, 3.05) is 25.1 Å². The Balaban J connectivity index is 1.70. The molecule has 0 aromatic heterocycles. The number of benzene rings is 1. The monoisotopic (exact) mass is 500 g/mol. The molecule has 3 aliphatic rings. The van der Waals surface area contributed by atoms with Gasteiger partial charge in [0.2, 0.25) is 11.8 Å². The summed E-state index contributed by atoms with van der Waals surface area (Å²) in [5.41, 5.74) is -0.649. The van der Waals surface area contributed by atoms with Gasteiger partial charge in [0.25, 0.3) is 0 Å². The van der Waals surface area contributed by atoms with Crippen LogP contribution in [0.15, 0.2) is 24.3 Å². The third-order valence-corrected chi connectivity index (χ3v) is 7.15. The third kappa shape index (κ3) is 3.23. The maximum atomic E-state index is 13.3. The van der Waals surface area contributed by atoms with Crippen LogP contribution in [0.25, 0.3) is 0 Å². The molecule has 1 spiro atoms. The lowest BCUT2D eigenvalue weighted by molar-refractivity contribution is -0.154. The van der Waals surface area contributed by atoms with Crippen molar-refractivity contribution in [3.63, 3.8) is 0 Å². The van der Waals surface area contributed by atoms with Crippen molar-refractivity contribution in [1.29, 1.82) is 0 Å². The molecule has 0 aliphatic carbocycles. The van der Waals surface area contributed by atoms with E-state index >= 15 is 0 Å². The van der Waals surface area contributed by atoms with Gasteiger partial charge in [-0.05, 0) is 37.6 Å². The highest BCUT2D eigenvalue weighted by molar-refractivity contribution is 9.09. The average Bonchev–Trinajstić information content (AvgIpc) is 3.28. The van der Waals surface area contributed by atoms with Gasteiger partial charge in [-0.15, -0.1) is 0 Å². The number of carbonyl (C=O) groups excluding carboxylic acids is 3. The number of fused-ring (bicyclic) bond motifs is 1. The lowest BCUT2D eigenvalue weighted by atomic mass is 9.70. The van der Waals surface area contributed by atoms with E-state index in [2.05, 4.69) is 21.2 Å². The number of likely N-dealkylation sites (tertiary alicyclic amines) is 1. The number of hydrogen-bond acceptors (Lipinski definition) is 6. The molecule has 8 nitrogen and oxygen atoms in total. The third-order valence-electron chi connectivity index (χ3n) is 6.05. The maximum absolute atomic E-state index is 13.3. The first-order chi connectivity index (χ1) is 14.3. The first-order valence-electron chi connectivity index (χ1n) is 9.80. The molecule has 3 fully saturated rings. The maximum Gasteiger partial charge on any atom is 0.312 e. The summed E-state index contributed by atoms with van der Waals surface area (Å²) in [5, 5.41) is 12.9. The van der Waals surface area contributed by atoms with Gasteiger partial charge in [0, 0.05) is 22.1 Å². The normalized spacial score (nSPS) is 34.2. The highest BCUT2D eigenvalue weighted by Crippen LogP contribution is 2.60. The molecule has 4 rings (SSSR count). The van der Waals surface area contributed by atoms with Gasteiger partial charge in [-0.2, -0.15) is 0 Å². The second kappa shape index (κ2) is 8.11. The van der Waals surface area contributed by atoms with E-state index in [0.717, 1.165) is 0 Å². The van der Waals surface area contributed by atoms with Crippen molar-refractivity contribution in [3.8, 4) is 0 Å². The lowest BCUT2D eigenvalue weighted by Crippen LogP contribution is -2.54. The van der Waals surface area contributed by atoms with Crippen molar-refractivity contribution in [3.05, 3.63) is 29.3 Å². The Labute approximate surface area is 187 Å². The van der Waals surface area contributed by atoms with Crippen LogP contribution in [-0.4, -0.2) is 70.1 Å². The highest BCUT2D eigenvalue weighted by atomic mass is 79.9. The van der Waals surface area contributed by atoms with Crippen molar-refractivity contribution in [1.82, 2.24) is 4.90 Å². The van der Waals surface area contributed by atoms with Gasteiger partial charge in [0.1, 0.15) is 11.6 Å². The largest absolute Gasteiger partial charge is 0.466 e. The Morgan fingerprint density at radius 1 is 1.40 bits per heavy atom. The van der Waals surface area contributed by atoms with Gasteiger partial charge in [-0.1, -0.05) is 27.5 Å². The standard InChI is InChI=1S/C20H22BrClN2O6/c1-2-29-19(28)13-14-18(27)24(7-8-25)16(20(14)9-12(21)15(13)30-20)17(26)23-11-5-3-10(22)4-6-11/h3-6,12-16,25H,2,7-9H2,1H3,(H,23,26)/t12?,13-,14+,15-,16-,20+/m0/s1. The summed E-state index contributed by atoms with van der Waals surface area (Å²) in [6.45, 7) is 1.53. The number of alkyl halides is 1. The number of aliphatic hydroxyl groups is 1. The molecule has 6 atom stereocenters. The molecule has 0 saturated carbocycles. The Kier molecular flexibility index (Phi) is 5.82. The molecule has 3 saturated heterocycles. The van der Waals surface area contributed by atoms with Gasteiger partial charge in [-0.3, -0.25) is 14.4 Å². The van der Waals surface area contributed by atoms with E-state index in [1.807, 2.05) is 0 Å². The van der Waals surface area contributed by atoms with Gasteiger partial charge in [0.05, 0.1) is 31.2 Å². The molecular formula is C20H22BrClN2O6. The van der Waals surface area contributed by atoms with Crippen molar-refractivity contribution in [2.45, 2.75) is 35.9 Å². The van der Waals surface area contributed by atoms with Gasteiger partial charge >= 0.3 is 5.97 Å². The van der Waals surface area contributed by atoms with Gasteiger partial charge in [-0.25, -0.2) is 0 Å². The summed E-state index contributed by atoms with van der Waals surface area (Å²) in [5.74, 6) is -2.95. The highest BCUT2D eigenvalue weighted by Gasteiger charge is 2.76. The number of aliphatic hydroxyl groups excluding tert-OH is 1. The van der Waals surface area contributed by atoms with Crippen LogP contribution in [0.4, 0.5) is 5.69 Å². The average molecular weight is 502 g/mol. The minimum absolute atomic E-state index is 0.0354. The molecule has 10 heteroatoms. The van der Waals surface area contributed by atoms with Crippen LogP contribution < -0.4 is 5.32 Å². The second-order valence-corrected chi connectivity index (χ2v) is 9.28. The summed E-state index contributed by atoms with van der Waals surface area (Å²) in [7, 11) is 0. The fraction of sp³-hybridized carbons (Fsp3) is 0.550. The first-order valence-corrected chi connectivity index (χ1v) is 11.1. The van der Waals surface area contributed by atoms with Crippen LogP contribution in [0.2, 0.25) is 5.02 Å². The first kappa shape index (κ1) is 21.5. The fourth-order valence-corrected chi connectivity index (χ4v) is 6.10. The number of rotatable bonds is 6. The van der Waals surface area contributed by atoms with E-state index in [1.54, 1.807) is 31.2 Å². The number of esters is 1. The van der Waals surface area contributed by atoms with Crippen molar-refractivity contribution >= 4 is 51.0 Å². The van der Waals surface area contributed by atoms with Crippen LogP contribution in [0.1, 0.15) is 13.3 Å². The molecule has 1 aromatic rings. The minimum atomic E-state index is -1.17. The number of β-amino-alcohol motifs (C(OH)–C–C–N with tert-alkyl or cyclic N) is 1.